The lowest BCUT2D eigenvalue weighted by Gasteiger charge is -2.45. The molecule has 3 rings (SSSR count). The van der Waals surface area contributed by atoms with Gasteiger partial charge < -0.3 is 10.3 Å². The van der Waals surface area contributed by atoms with Crippen LogP contribution in [0.3, 0.4) is 0 Å². The summed E-state index contributed by atoms with van der Waals surface area (Å²) in [4.78, 5) is 2.18. The maximum absolute atomic E-state index is 9.90. The predicted octanol–water partition coefficient (Wildman–Crippen LogP) is 2.15. The number of quaternary nitrogens is 1. The molecule has 1 aromatic heterocycles. The first-order valence-electron chi connectivity index (χ1n) is 8.12. The summed E-state index contributed by atoms with van der Waals surface area (Å²) in [5.41, 5.74) is -0.843. The highest BCUT2D eigenvalue weighted by Gasteiger charge is 2.58. The Hall–Kier alpha value is -2.17. The summed E-state index contributed by atoms with van der Waals surface area (Å²) in [6.45, 7) is 4.58. The average molecular weight is 371 g/mol. The lowest BCUT2D eigenvalue weighted by atomic mass is 9.55. The summed E-state index contributed by atoms with van der Waals surface area (Å²) in [5, 5.41) is 37.9. The molecule has 0 radical (unpaired) electrons. The van der Waals surface area contributed by atoms with Gasteiger partial charge in [0.05, 0.1) is 47.9 Å². The molecule has 4 atom stereocenters. The van der Waals surface area contributed by atoms with Crippen LogP contribution in [0.4, 0.5) is 0 Å². The average Bonchev–Trinajstić information content (AvgIpc) is 3.06. The number of fused-ring (bicyclic) bond motifs is 1. The van der Waals surface area contributed by atoms with Crippen molar-refractivity contribution in [1.29, 1.82) is 21.2 Å². The number of hydrogen-bond acceptors (Lipinski definition) is 5. The second-order valence-electron chi connectivity index (χ2n) is 6.45. The highest BCUT2D eigenvalue weighted by Crippen LogP contribution is 2.53. The molecule has 25 heavy (non-hydrogen) atoms. The van der Waals surface area contributed by atoms with E-state index in [4.69, 9.17) is 17.0 Å². The van der Waals surface area contributed by atoms with Crippen LogP contribution in [-0.2, 0) is 0 Å². The fourth-order valence-corrected chi connectivity index (χ4v) is 5.35. The second kappa shape index (κ2) is 6.62. The Morgan fingerprint density at radius 3 is 2.60 bits per heavy atom. The van der Waals surface area contributed by atoms with Crippen molar-refractivity contribution >= 4 is 28.6 Å². The third kappa shape index (κ3) is 2.57. The zero-order valence-corrected chi connectivity index (χ0v) is 15.3. The third-order valence-electron chi connectivity index (χ3n) is 5.36. The highest BCUT2D eigenvalue weighted by atomic mass is 35.5. The summed E-state index contributed by atoms with van der Waals surface area (Å²) in [7, 11) is 0. The fraction of sp³-hybridized carbons (Fsp3) is 0.444. The largest absolute Gasteiger partial charge is 0.331 e. The number of nitrogens with one attached hydrogen (secondary N) is 2. The number of nitriles is 3. The maximum atomic E-state index is 9.90. The van der Waals surface area contributed by atoms with Crippen LogP contribution in [0.2, 0.25) is 4.34 Å². The molecular weight excluding hydrogens is 354 g/mol. The van der Waals surface area contributed by atoms with Crippen LogP contribution in [0.5, 0.6) is 0 Å². The molecule has 2 heterocycles. The van der Waals surface area contributed by atoms with Crippen LogP contribution >= 0.6 is 22.9 Å². The van der Waals surface area contributed by atoms with Gasteiger partial charge in [-0.1, -0.05) is 11.6 Å². The lowest BCUT2D eigenvalue weighted by molar-refractivity contribution is -0.897. The van der Waals surface area contributed by atoms with Crippen LogP contribution in [-0.4, -0.2) is 25.3 Å². The quantitative estimate of drug-likeness (QED) is 0.780. The van der Waals surface area contributed by atoms with Gasteiger partial charge in [0, 0.05) is 16.7 Å². The van der Waals surface area contributed by atoms with E-state index >= 15 is 0 Å². The molecule has 2 aliphatic rings. The van der Waals surface area contributed by atoms with Crippen molar-refractivity contribution in [3.05, 3.63) is 33.0 Å². The van der Waals surface area contributed by atoms with Gasteiger partial charge in [-0.2, -0.15) is 15.8 Å². The topological polar surface area (TPSA) is 99.7 Å². The Morgan fingerprint density at radius 1 is 1.36 bits per heavy atom. The van der Waals surface area contributed by atoms with Crippen LogP contribution in [0.25, 0.3) is 0 Å². The van der Waals surface area contributed by atoms with E-state index in [1.54, 1.807) is 6.07 Å². The van der Waals surface area contributed by atoms with Gasteiger partial charge in [-0.05, 0) is 30.7 Å². The molecule has 1 aliphatic carbocycles. The van der Waals surface area contributed by atoms with Gasteiger partial charge in [0.25, 0.3) is 0 Å². The summed E-state index contributed by atoms with van der Waals surface area (Å²) in [5.74, 6) is -1.38. The van der Waals surface area contributed by atoms with Crippen molar-refractivity contribution in [2.75, 3.05) is 19.6 Å². The van der Waals surface area contributed by atoms with Crippen molar-refractivity contribution in [3.8, 4) is 18.2 Å². The summed E-state index contributed by atoms with van der Waals surface area (Å²) < 4.78 is 0.592. The summed E-state index contributed by atoms with van der Waals surface area (Å²) >= 11 is 7.46. The summed E-state index contributed by atoms with van der Waals surface area (Å²) in [6.07, 6.45) is 2.04. The van der Waals surface area contributed by atoms with E-state index in [-0.39, 0.29) is 11.6 Å². The van der Waals surface area contributed by atoms with Crippen molar-refractivity contribution in [1.82, 2.24) is 0 Å². The zero-order chi connectivity index (χ0) is 18.2. The molecule has 0 amide bonds. The smallest absolute Gasteiger partial charge is 0.190 e. The Balaban J connectivity index is 2.24. The summed E-state index contributed by atoms with van der Waals surface area (Å²) in [6, 6.07) is 9.96. The van der Waals surface area contributed by atoms with E-state index in [1.807, 2.05) is 12.1 Å². The monoisotopic (exact) mass is 370 g/mol. The standard InChI is InChI=1S/C18H16ClN5S/c1-2-24-6-5-11-12(7-20)17(23)18(9-21,10-22)16(13(11)8-24)14-3-4-15(19)25-14/h3-5,12-13,16,23H,2,6,8H2,1H3/p+1/t12?,13-,16-/m1/s1. The third-order valence-corrected chi connectivity index (χ3v) is 6.68. The predicted molar refractivity (Wildman–Crippen MR) is 95.4 cm³/mol. The lowest BCUT2D eigenvalue weighted by Crippen LogP contribution is -3.13. The molecule has 0 aromatic carbocycles. The van der Waals surface area contributed by atoms with E-state index in [1.165, 1.54) is 16.2 Å². The van der Waals surface area contributed by atoms with Gasteiger partial charge in [0.15, 0.2) is 5.41 Å². The van der Waals surface area contributed by atoms with E-state index < -0.39 is 17.3 Å². The maximum Gasteiger partial charge on any atom is 0.190 e. The van der Waals surface area contributed by atoms with Crippen molar-refractivity contribution in [2.45, 2.75) is 12.8 Å². The Morgan fingerprint density at radius 2 is 2.08 bits per heavy atom. The number of rotatable bonds is 2. The van der Waals surface area contributed by atoms with Crippen molar-refractivity contribution in [2.24, 2.45) is 17.3 Å². The molecule has 1 fully saturated rings. The number of likely N-dealkylation sites (N-methyl/N-ethyl adjacent to an activating group) is 1. The first kappa shape index (κ1) is 17.6. The molecular formula is C18H17ClN5S+. The van der Waals surface area contributed by atoms with Gasteiger partial charge in [0.2, 0.25) is 0 Å². The fourth-order valence-electron chi connectivity index (χ4n) is 4.05. The zero-order valence-electron chi connectivity index (χ0n) is 13.7. The molecule has 2 N–H and O–H groups in total. The molecule has 126 valence electrons. The number of thiophene rings is 1. The van der Waals surface area contributed by atoms with Gasteiger partial charge in [-0.25, -0.2) is 0 Å². The van der Waals surface area contributed by atoms with Crippen LogP contribution in [0, 0.1) is 56.7 Å². The molecule has 0 spiro atoms. The van der Waals surface area contributed by atoms with Gasteiger partial charge in [0.1, 0.15) is 5.92 Å². The van der Waals surface area contributed by atoms with Gasteiger partial charge >= 0.3 is 0 Å². The molecule has 0 saturated heterocycles. The Labute approximate surface area is 155 Å². The molecule has 1 aromatic rings. The van der Waals surface area contributed by atoms with E-state index in [0.717, 1.165) is 30.1 Å². The minimum Gasteiger partial charge on any atom is -0.331 e. The molecule has 1 saturated carbocycles. The van der Waals surface area contributed by atoms with Gasteiger partial charge in [-0.3, -0.25) is 0 Å². The van der Waals surface area contributed by atoms with E-state index in [0.29, 0.717) is 4.34 Å². The number of halogens is 1. The van der Waals surface area contributed by atoms with Crippen molar-refractivity contribution in [3.63, 3.8) is 0 Å². The minimum atomic E-state index is -1.63. The molecule has 1 aliphatic heterocycles. The molecule has 0 bridgehead atoms. The van der Waals surface area contributed by atoms with Crippen LogP contribution in [0.15, 0.2) is 23.8 Å². The first-order valence-corrected chi connectivity index (χ1v) is 9.31. The number of hydrogen-bond donors (Lipinski definition) is 2. The first-order chi connectivity index (χ1) is 12.0. The van der Waals surface area contributed by atoms with E-state index in [2.05, 4.69) is 25.1 Å². The Kier molecular flexibility index (Phi) is 4.67. The number of nitrogens with zero attached hydrogens (tertiary/aromatic N) is 3. The Bertz CT molecular complexity index is 851. The van der Waals surface area contributed by atoms with Crippen LogP contribution < -0.4 is 4.90 Å². The molecule has 5 nitrogen and oxygen atoms in total. The highest BCUT2D eigenvalue weighted by molar-refractivity contribution is 7.16. The van der Waals surface area contributed by atoms with Crippen molar-refractivity contribution < 1.29 is 4.90 Å². The minimum absolute atomic E-state index is 0.100. The second-order valence-corrected chi connectivity index (χ2v) is 8.20. The van der Waals surface area contributed by atoms with Crippen LogP contribution in [0.1, 0.15) is 17.7 Å². The molecule has 7 heteroatoms. The normalized spacial score (nSPS) is 30.4. The SMILES string of the molecule is CC[NH+]1CC=C2C(C#N)C(=N)C(C#N)(C#N)[C@@H](c3ccc(Cl)s3)[C@@H]2C1. The van der Waals surface area contributed by atoms with E-state index in [9.17, 15) is 15.8 Å². The molecule has 2 unspecified atom stereocenters. The van der Waals surface area contributed by atoms with Gasteiger partial charge in [-0.15, -0.1) is 11.3 Å².